The van der Waals surface area contributed by atoms with Crippen molar-refractivity contribution in [2.45, 2.75) is 19.4 Å². The van der Waals surface area contributed by atoms with Gasteiger partial charge in [0.15, 0.2) is 0 Å². The van der Waals surface area contributed by atoms with E-state index in [1.807, 2.05) is 0 Å². The number of allylic oxidation sites excluding steroid dienone is 1. The summed E-state index contributed by atoms with van der Waals surface area (Å²) >= 11 is 0. The molecule has 0 aromatic carbocycles. The first-order valence-electron chi connectivity index (χ1n) is 3.98. The summed E-state index contributed by atoms with van der Waals surface area (Å²) in [7, 11) is 0. The molecule has 0 spiro atoms. The monoisotopic (exact) mass is 188 g/mol. The Labute approximate surface area is 77.5 Å². The van der Waals surface area contributed by atoms with E-state index in [9.17, 15) is 5.11 Å². The highest BCUT2D eigenvalue weighted by molar-refractivity contribution is 5.13. The lowest BCUT2D eigenvalue weighted by Gasteiger charge is -2.13. The van der Waals surface area contributed by atoms with Gasteiger partial charge >= 0.3 is 0 Å². The van der Waals surface area contributed by atoms with Gasteiger partial charge in [-0.2, -0.15) is 0 Å². The molecule has 0 saturated carbocycles. The van der Waals surface area contributed by atoms with Crippen LogP contribution in [0.3, 0.4) is 0 Å². The number of rotatable bonds is 5. The van der Waals surface area contributed by atoms with Gasteiger partial charge in [0.05, 0.1) is 25.1 Å². The lowest BCUT2D eigenvalue weighted by molar-refractivity contribution is 0.179. The second kappa shape index (κ2) is 5.75. The molecule has 0 aliphatic carbocycles. The molecule has 0 radical (unpaired) electrons. The Bertz CT molecular complexity index is 204. The SMILES string of the molecule is C=C(CO)[C@H](O)C/C(CO)=C(\C)O. The largest absolute Gasteiger partial charge is 0.513 e. The second-order valence-corrected chi connectivity index (χ2v) is 2.88. The molecular weight excluding hydrogens is 172 g/mol. The van der Waals surface area contributed by atoms with E-state index in [2.05, 4.69) is 6.58 Å². The third kappa shape index (κ3) is 4.07. The van der Waals surface area contributed by atoms with E-state index >= 15 is 0 Å². The number of aliphatic hydroxyl groups excluding tert-OH is 4. The van der Waals surface area contributed by atoms with Crippen LogP contribution in [-0.4, -0.2) is 39.7 Å². The van der Waals surface area contributed by atoms with E-state index in [-0.39, 0.29) is 31.0 Å². The zero-order chi connectivity index (χ0) is 10.4. The van der Waals surface area contributed by atoms with Gasteiger partial charge in [0, 0.05) is 6.42 Å². The van der Waals surface area contributed by atoms with Crippen LogP contribution in [0.2, 0.25) is 0 Å². The molecule has 0 aromatic heterocycles. The van der Waals surface area contributed by atoms with E-state index in [0.717, 1.165) is 0 Å². The average molecular weight is 188 g/mol. The summed E-state index contributed by atoms with van der Waals surface area (Å²) in [6.07, 6.45) is -0.827. The van der Waals surface area contributed by atoms with Crippen LogP contribution >= 0.6 is 0 Å². The Balaban J connectivity index is 4.26. The fourth-order valence-corrected chi connectivity index (χ4v) is 0.810. The molecule has 0 aromatic rings. The van der Waals surface area contributed by atoms with Gasteiger partial charge in [0.2, 0.25) is 0 Å². The number of hydrogen-bond donors (Lipinski definition) is 4. The highest BCUT2D eigenvalue weighted by atomic mass is 16.3. The number of aliphatic hydroxyl groups is 4. The standard InChI is InChI=1S/C9H16O4/c1-6(4-10)9(13)3-8(5-11)7(2)12/h9-13H,1,3-5H2,2H3/b8-7-/t9-/m1/s1. The zero-order valence-corrected chi connectivity index (χ0v) is 7.69. The normalized spacial score (nSPS) is 15.1. The maximum atomic E-state index is 9.35. The molecule has 0 bridgehead atoms. The van der Waals surface area contributed by atoms with Gasteiger partial charge in [0.1, 0.15) is 0 Å². The molecule has 0 amide bonds. The summed E-state index contributed by atoms with van der Waals surface area (Å²) in [6.45, 7) is 4.26. The maximum absolute atomic E-state index is 9.35. The van der Waals surface area contributed by atoms with Gasteiger partial charge in [-0.25, -0.2) is 0 Å². The minimum Gasteiger partial charge on any atom is -0.513 e. The van der Waals surface area contributed by atoms with E-state index in [0.29, 0.717) is 5.57 Å². The summed E-state index contributed by atoms with van der Waals surface area (Å²) in [5.41, 5.74) is 0.620. The maximum Gasteiger partial charge on any atom is 0.0907 e. The average Bonchev–Trinajstić information content (AvgIpc) is 2.11. The molecule has 0 aliphatic rings. The van der Waals surface area contributed by atoms with E-state index in [1.54, 1.807) is 0 Å². The van der Waals surface area contributed by atoms with Crippen molar-refractivity contribution in [2.24, 2.45) is 0 Å². The third-order valence-electron chi connectivity index (χ3n) is 1.82. The van der Waals surface area contributed by atoms with Crippen LogP contribution in [0, 0.1) is 0 Å². The summed E-state index contributed by atoms with van der Waals surface area (Å²) < 4.78 is 0. The Morgan fingerprint density at radius 1 is 1.31 bits per heavy atom. The summed E-state index contributed by atoms with van der Waals surface area (Å²) in [6, 6.07) is 0. The van der Waals surface area contributed by atoms with Crippen molar-refractivity contribution in [1.82, 2.24) is 0 Å². The lowest BCUT2D eigenvalue weighted by Crippen LogP contribution is -2.15. The predicted octanol–water partition coefficient (Wildman–Crippen LogP) is 0.110. The van der Waals surface area contributed by atoms with Crippen molar-refractivity contribution >= 4 is 0 Å². The first-order valence-corrected chi connectivity index (χ1v) is 3.98. The molecule has 1 atom stereocenters. The molecule has 0 rings (SSSR count). The minimum absolute atomic E-state index is 0.00714. The van der Waals surface area contributed by atoms with Gasteiger partial charge < -0.3 is 20.4 Å². The molecule has 0 unspecified atom stereocenters. The van der Waals surface area contributed by atoms with Crippen molar-refractivity contribution in [1.29, 1.82) is 0 Å². The van der Waals surface area contributed by atoms with Gasteiger partial charge in [-0.15, -0.1) is 0 Å². The van der Waals surface area contributed by atoms with Gasteiger partial charge in [0.25, 0.3) is 0 Å². The van der Waals surface area contributed by atoms with E-state index in [4.69, 9.17) is 15.3 Å². The van der Waals surface area contributed by atoms with Crippen molar-refractivity contribution in [2.75, 3.05) is 13.2 Å². The summed E-state index contributed by atoms with van der Waals surface area (Å²) in [5, 5.41) is 35.8. The zero-order valence-electron chi connectivity index (χ0n) is 7.69. The van der Waals surface area contributed by atoms with Gasteiger partial charge in [-0.3, -0.25) is 0 Å². The first-order chi connectivity index (χ1) is 6.02. The van der Waals surface area contributed by atoms with Crippen molar-refractivity contribution in [3.05, 3.63) is 23.5 Å². The molecule has 4 nitrogen and oxygen atoms in total. The van der Waals surface area contributed by atoms with Crippen LogP contribution in [-0.2, 0) is 0 Å². The van der Waals surface area contributed by atoms with E-state index < -0.39 is 6.10 Å². The minimum atomic E-state index is -0.922. The molecule has 76 valence electrons. The van der Waals surface area contributed by atoms with Crippen LogP contribution in [0.1, 0.15) is 13.3 Å². The molecule has 0 fully saturated rings. The topological polar surface area (TPSA) is 80.9 Å². The summed E-state index contributed by atoms with van der Waals surface area (Å²) in [5.74, 6) is -0.00714. The highest BCUT2D eigenvalue weighted by Crippen LogP contribution is 2.13. The highest BCUT2D eigenvalue weighted by Gasteiger charge is 2.11. The molecule has 0 saturated heterocycles. The van der Waals surface area contributed by atoms with Crippen LogP contribution < -0.4 is 0 Å². The van der Waals surface area contributed by atoms with Crippen LogP contribution in [0.4, 0.5) is 0 Å². The molecule has 0 heterocycles. The van der Waals surface area contributed by atoms with Gasteiger partial charge in [-0.1, -0.05) is 6.58 Å². The lowest BCUT2D eigenvalue weighted by atomic mass is 10.0. The van der Waals surface area contributed by atoms with Crippen LogP contribution in [0.15, 0.2) is 23.5 Å². The molecule has 0 aliphatic heterocycles. The first kappa shape index (κ1) is 12.2. The quantitative estimate of drug-likeness (QED) is 0.364. The third-order valence-corrected chi connectivity index (χ3v) is 1.82. The fourth-order valence-electron chi connectivity index (χ4n) is 0.810. The smallest absolute Gasteiger partial charge is 0.0907 e. The second-order valence-electron chi connectivity index (χ2n) is 2.88. The Hall–Kier alpha value is -0.840. The molecule has 13 heavy (non-hydrogen) atoms. The Morgan fingerprint density at radius 2 is 1.85 bits per heavy atom. The van der Waals surface area contributed by atoms with Crippen molar-refractivity contribution in [3.63, 3.8) is 0 Å². The Morgan fingerprint density at radius 3 is 2.15 bits per heavy atom. The van der Waals surface area contributed by atoms with E-state index in [1.165, 1.54) is 6.92 Å². The molecule has 4 N–H and O–H groups in total. The van der Waals surface area contributed by atoms with Crippen molar-refractivity contribution < 1.29 is 20.4 Å². The number of hydrogen-bond acceptors (Lipinski definition) is 4. The van der Waals surface area contributed by atoms with Crippen molar-refractivity contribution in [3.8, 4) is 0 Å². The molecular formula is C9H16O4. The van der Waals surface area contributed by atoms with Gasteiger partial charge in [-0.05, 0) is 18.1 Å². The fraction of sp³-hybridized carbons (Fsp3) is 0.556. The van der Waals surface area contributed by atoms with Crippen LogP contribution in [0.5, 0.6) is 0 Å². The summed E-state index contributed by atoms with van der Waals surface area (Å²) in [4.78, 5) is 0. The predicted molar refractivity (Wildman–Crippen MR) is 49.3 cm³/mol. The van der Waals surface area contributed by atoms with Crippen LogP contribution in [0.25, 0.3) is 0 Å². The Kier molecular flexibility index (Phi) is 5.37. The molecule has 4 heteroatoms.